The summed E-state index contributed by atoms with van der Waals surface area (Å²) in [4.78, 5) is 18.4. The summed E-state index contributed by atoms with van der Waals surface area (Å²) >= 11 is 0. The molecule has 0 aliphatic carbocycles. The number of para-hydroxylation sites is 1. The fourth-order valence-electron chi connectivity index (χ4n) is 2.62. The maximum Gasteiger partial charge on any atom is 0.256 e. The molecular weight excluding hydrogens is 290 g/mol. The third-order valence-electron chi connectivity index (χ3n) is 3.69. The van der Waals surface area contributed by atoms with Crippen molar-refractivity contribution in [1.82, 2.24) is 19.7 Å². The Morgan fingerprint density at radius 1 is 1.33 bits per heavy atom. The zero-order valence-electron chi connectivity index (χ0n) is 11.6. The molecule has 0 bridgehead atoms. The van der Waals surface area contributed by atoms with Crippen LogP contribution >= 0.6 is 12.4 Å². The molecule has 1 fully saturated rings. The molecule has 2 aromatic rings. The van der Waals surface area contributed by atoms with Gasteiger partial charge in [-0.15, -0.1) is 12.4 Å². The Balaban J connectivity index is 0.00000161. The number of nitrogen functional groups attached to an aromatic ring is 1. The van der Waals surface area contributed by atoms with E-state index in [4.69, 9.17) is 5.73 Å². The molecule has 3 rings (SSSR count). The van der Waals surface area contributed by atoms with E-state index in [1.54, 1.807) is 18.5 Å². The molecule has 1 aliphatic rings. The van der Waals surface area contributed by atoms with Gasteiger partial charge >= 0.3 is 0 Å². The van der Waals surface area contributed by atoms with E-state index in [1.807, 2.05) is 21.7 Å². The maximum absolute atomic E-state index is 12.5. The second-order valence-corrected chi connectivity index (χ2v) is 5.01. The summed E-state index contributed by atoms with van der Waals surface area (Å²) in [6.07, 6.45) is 5.20. The molecule has 1 amide bonds. The summed E-state index contributed by atoms with van der Waals surface area (Å²) in [5.41, 5.74) is 6.99. The zero-order valence-corrected chi connectivity index (χ0v) is 12.4. The Hall–Kier alpha value is -2.08. The summed E-state index contributed by atoms with van der Waals surface area (Å²) in [5, 5.41) is 4.17. The minimum atomic E-state index is -0.00656. The van der Waals surface area contributed by atoms with Crippen LogP contribution in [0, 0.1) is 0 Å². The van der Waals surface area contributed by atoms with Crippen molar-refractivity contribution < 1.29 is 4.79 Å². The third kappa shape index (κ3) is 3.16. The van der Waals surface area contributed by atoms with Gasteiger partial charge in [0.2, 0.25) is 0 Å². The van der Waals surface area contributed by atoms with Gasteiger partial charge < -0.3 is 10.6 Å². The molecule has 112 valence electrons. The highest BCUT2D eigenvalue weighted by atomic mass is 35.5. The number of rotatable bonds is 2. The number of carbonyl (C=O) groups excluding carboxylic acids is 1. The summed E-state index contributed by atoms with van der Waals surface area (Å²) in [6, 6.07) is 7.39. The molecule has 1 aromatic heterocycles. The number of benzene rings is 1. The molecule has 1 atom stereocenters. The predicted molar refractivity (Wildman–Crippen MR) is 82.3 cm³/mol. The summed E-state index contributed by atoms with van der Waals surface area (Å²) in [6.45, 7) is 1.41. The summed E-state index contributed by atoms with van der Waals surface area (Å²) in [7, 11) is 0. The second-order valence-electron chi connectivity index (χ2n) is 5.01. The SMILES string of the molecule is Cl.Nc1ccccc1C(=O)N1CCCC(n2cncn2)C1. The number of aromatic nitrogens is 3. The van der Waals surface area contributed by atoms with Crippen LogP contribution in [0.1, 0.15) is 29.2 Å². The van der Waals surface area contributed by atoms with Crippen LogP contribution in [0.15, 0.2) is 36.9 Å². The van der Waals surface area contributed by atoms with E-state index >= 15 is 0 Å². The summed E-state index contributed by atoms with van der Waals surface area (Å²) < 4.78 is 1.83. The van der Waals surface area contributed by atoms with Crippen molar-refractivity contribution in [1.29, 1.82) is 0 Å². The lowest BCUT2D eigenvalue weighted by molar-refractivity contribution is 0.0674. The van der Waals surface area contributed by atoms with Crippen molar-refractivity contribution in [3.05, 3.63) is 42.5 Å². The smallest absolute Gasteiger partial charge is 0.256 e. The number of hydrogen-bond donors (Lipinski definition) is 1. The van der Waals surface area contributed by atoms with Gasteiger partial charge in [0.05, 0.1) is 11.6 Å². The van der Waals surface area contributed by atoms with Crippen molar-refractivity contribution in [2.75, 3.05) is 18.8 Å². The van der Waals surface area contributed by atoms with E-state index in [-0.39, 0.29) is 24.4 Å². The van der Waals surface area contributed by atoms with Gasteiger partial charge in [-0.25, -0.2) is 9.67 Å². The number of anilines is 1. The van der Waals surface area contributed by atoms with Crippen molar-refractivity contribution in [3.8, 4) is 0 Å². The Kier molecular flexibility index (Phi) is 4.80. The molecule has 2 heterocycles. The van der Waals surface area contributed by atoms with Crippen LogP contribution < -0.4 is 5.73 Å². The largest absolute Gasteiger partial charge is 0.398 e. The molecule has 7 heteroatoms. The van der Waals surface area contributed by atoms with Gasteiger partial charge in [0.1, 0.15) is 12.7 Å². The minimum absolute atomic E-state index is 0. The lowest BCUT2D eigenvalue weighted by atomic mass is 10.0. The Morgan fingerprint density at radius 3 is 2.86 bits per heavy atom. The first-order valence-corrected chi connectivity index (χ1v) is 6.73. The Bertz CT molecular complexity index is 601. The monoisotopic (exact) mass is 307 g/mol. The number of piperidine rings is 1. The maximum atomic E-state index is 12.5. The van der Waals surface area contributed by atoms with Crippen LogP contribution in [-0.4, -0.2) is 38.7 Å². The number of halogens is 1. The van der Waals surface area contributed by atoms with Crippen molar-refractivity contribution in [2.24, 2.45) is 0 Å². The first kappa shape index (κ1) is 15.3. The number of likely N-dealkylation sites (tertiary alicyclic amines) is 1. The fourth-order valence-corrected chi connectivity index (χ4v) is 2.62. The molecule has 1 aromatic carbocycles. The van der Waals surface area contributed by atoms with Crippen molar-refractivity contribution in [2.45, 2.75) is 18.9 Å². The van der Waals surface area contributed by atoms with Gasteiger partial charge in [-0.2, -0.15) is 5.10 Å². The van der Waals surface area contributed by atoms with E-state index in [1.165, 1.54) is 6.33 Å². The van der Waals surface area contributed by atoms with Gasteiger partial charge in [-0.05, 0) is 25.0 Å². The highest BCUT2D eigenvalue weighted by molar-refractivity contribution is 5.99. The molecule has 6 nitrogen and oxygen atoms in total. The normalized spacial score (nSPS) is 18.1. The van der Waals surface area contributed by atoms with Crippen LogP contribution in [0.4, 0.5) is 5.69 Å². The van der Waals surface area contributed by atoms with E-state index in [0.717, 1.165) is 19.4 Å². The highest BCUT2D eigenvalue weighted by Crippen LogP contribution is 2.23. The van der Waals surface area contributed by atoms with Crippen LogP contribution in [-0.2, 0) is 0 Å². The van der Waals surface area contributed by atoms with E-state index in [2.05, 4.69) is 10.1 Å². The molecule has 1 saturated heterocycles. The standard InChI is InChI=1S/C14H17N5O.ClH/c15-13-6-2-1-5-12(13)14(20)18-7-3-4-11(8-18)19-10-16-9-17-19;/h1-2,5-6,9-11H,3-4,7-8,15H2;1H. The first-order valence-electron chi connectivity index (χ1n) is 6.73. The molecule has 21 heavy (non-hydrogen) atoms. The first-order chi connectivity index (χ1) is 9.75. The molecule has 1 unspecified atom stereocenters. The lowest BCUT2D eigenvalue weighted by Crippen LogP contribution is -2.41. The average molecular weight is 308 g/mol. The molecule has 0 spiro atoms. The number of nitrogens with zero attached hydrogens (tertiary/aromatic N) is 4. The van der Waals surface area contributed by atoms with Crippen LogP contribution in [0.3, 0.4) is 0 Å². The Labute approximate surface area is 129 Å². The van der Waals surface area contributed by atoms with Gasteiger partial charge in [-0.3, -0.25) is 4.79 Å². The summed E-state index contributed by atoms with van der Waals surface area (Å²) in [5.74, 6) is -0.00656. The molecule has 0 saturated carbocycles. The Morgan fingerprint density at radius 2 is 2.14 bits per heavy atom. The topological polar surface area (TPSA) is 77.0 Å². The van der Waals surface area contributed by atoms with Gasteiger partial charge in [0.15, 0.2) is 0 Å². The van der Waals surface area contributed by atoms with E-state index in [9.17, 15) is 4.79 Å². The number of hydrogen-bond acceptors (Lipinski definition) is 4. The molecular formula is C14H18ClN5O. The van der Waals surface area contributed by atoms with Crippen LogP contribution in [0.25, 0.3) is 0 Å². The highest BCUT2D eigenvalue weighted by Gasteiger charge is 2.26. The fraction of sp³-hybridized carbons (Fsp3) is 0.357. The number of carbonyl (C=O) groups is 1. The van der Waals surface area contributed by atoms with Gasteiger partial charge in [0, 0.05) is 18.8 Å². The molecule has 2 N–H and O–H groups in total. The van der Waals surface area contributed by atoms with Crippen molar-refractivity contribution >= 4 is 24.0 Å². The van der Waals surface area contributed by atoms with E-state index < -0.39 is 0 Å². The zero-order chi connectivity index (χ0) is 13.9. The van der Waals surface area contributed by atoms with Gasteiger partial charge in [0.25, 0.3) is 5.91 Å². The lowest BCUT2D eigenvalue weighted by Gasteiger charge is -2.32. The average Bonchev–Trinajstić information content (AvgIpc) is 3.01. The predicted octanol–water partition coefficient (Wildman–Crippen LogP) is 1.76. The van der Waals surface area contributed by atoms with Crippen LogP contribution in [0.5, 0.6) is 0 Å². The third-order valence-corrected chi connectivity index (χ3v) is 3.69. The molecule has 0 radical (unpaired) electrons. The number of nitrogens with two attached hydrogens (primary N) is 1. The number of amides is 1. The van der Waals surface area contributed by atoms with E-state index in [0.29, 0.717) is 17.8 Å². The van der Waals surface area contributed by atoms with Crippen LogP contribution in [0.2, 0.25) is 0 Å². The second kappa shape index (κ2) is 6.58. The quantitative estimate of drug-likeness (QED) is 0.858. The van der Waals surface area contributed by atoms with Gasteiger partial charge in [-0.1, -0.05) is 12.1 Å². The molecule has 1 aliphatic heterocycles. The minimum Gasteiger partial charge on any atom is -0.398 e. The van der Waals surface area contributed by atoms with Crippen molar-refractivity contribution in [3.63, 3.8) is 0 Å².